The number of hydrogen-bond acceptors (Lipinski definition) is 0. The standard InChI is InChI=1S/C15H10Cl2/c16-15(17)13-11-7-3-1-5-9(11)10-6-2-4-8-12(10)14(13)15/h1-8,13-14H/t13-,14-/m1/s1. The number of fused-ring (bicyclic) bond motifs is 6. The van der Waals surface area contributed by atoms with Crippen LogP contribution in [0.1, 0.15) is 23.0 Å². The molecule has 0 bridgehead atoms. The van der Waals surface area contributed by atoms with E-state index in [4.69, 9.17) is 23.2 Å². The number of rotatable bonds is 0. The molecule has 2 aromatic rings. The van der Waals surface area contributed by atoms with Crippen LogP contribution in [0.25, 0.3) is 11.1 Å². The lowest BCUT2D eigenvalue weighted by Crippen LogP contribution is -1.98. The van der Waals surface area contributed by atoms with Crippen LogP contribution in [0.15, 0.2) is 48.5 Å². The number of hydrogen-bond donors (Lipinski definition) is 0. The lowest BCUT2D eigenvalue weighted by atomic mass is 9.86. The average molecular weight is 261 g/mol. The third kappa shape index (κ3) is 1.15. The van der Waals surface area contributed by atoms with Crippen LogP contribution < -0.4 is 0 Å². The van der Waals surface area contributed by atoms with Crippen molar-refractivity contribution in [2.24, 2.45) is 0 Å². The SMILES string of the molecule is ClC1(Cl)[C@@H]2c3ccccc3-c3ccccc3[C@H]21. The summed E-state index contributed by atoms with van der Waals surface area (Å²) in [6, 6.07) is 16.9. The van der Waals surface area contributed by atoms with E-state index < -0.39 is 4.33 Å². The van der Waals surface area contributed by atoms with Crippen molar-refractivity contribution < 1.29 is 0 Å². The van der Waals surface area contributed by atoms with Crippen molar-refractivity contribution in [1.29, 1.82) is 0 Å². The summed E-state index contributed by atoms with van der Waals surface area (Å²) in [6.45, 7) is 0. The molecule has 0 aromatic heterocycles. The highest BCUT2D eigenvalue weighted by Gasteiger charge is 2.66. The summed E-state index contributed by atoms with van der Waals surface area (Å²) in [7, 11) is 0. The van der Waals surface area contributed by atoms with Crippen LogP contribution in [0.5, 0.6) is 0 Å². The molecule has 2 heteroatoms. The molecule has 0 amide bonds. The smallest absolute Gasteiger partial charge is 0.100 e. The van der Waals surface area contributed by atoms with E-state index in [2.05, 4.69) is 48.5 Å². The molecule has 2 aromatic carbocycles. The van der Waals surface area contributed by atoms with Crippen LogP contribution in [0.4, 0.5) is 0 Å². The zero-order chi connectivity index (χ0) is 11.6. The minimum absolute atomic E-state index is 0.261. The van der Waals surface area contributed by atoms with Crippen LogP contribution in [0, 0.1) is 0 Å². The average Bonchev–Trinajstić information content (AvgIpc) is 2.94. The fourth-order valence-corrected chi connectivity index (χ4v) is 3.98. The zero-order valence-corrected chi connectivity index (χ0v) is 10.5. The maximum Gasteiger partial charge on any atom is 0.133 e. The Morgan fingerprint density at radius 3 is 1.59 bits per heavy atom. The molecule has 17 heavy (non-hydrogen) atoms. The Kier molecular flexibility index (Phi) is 1.80. The first-order valence-electron chi connectivity index (χ1n) is 5.77. The van der Waals surface area contributed by atoms with Gasteiger partial charge < -0.3 is 0 Å². The van der Waals surface area contributed by atoms with Gasteiger partial charge in [-0.1, -0.05) is 48.5 Å². The van der Waals surface area contributed by atoms with Gasteiger partial charge in [-0.05, 0) is 22.3 Å². The summed E-state index contributed by atoms with van der Waals surface area (Å²) in [5, 5.41) is 0. The van der Waals surface area contributed by atoms with Gasteiger partial charge in [0.25, 0.3) is 0 Å². The largest absolute Gasteiger partial charge is 0.133 e. The van der Waals surface area contributed by atoms with Crippen molar-refractivity contribution in [1.82, 2.24) is 0 Å². The summed E-state index contributed by atoms with van der Waals surface area (Å²) in [6.07, 6.45) is 0. The Labute approximate surface area is 110 Å². The Balaban J connectivity index is 2.07. The van der Waals surface area contributed by atoms with E-state index in [-0.39, 0.29) is 11.8 Å². The molecule has 4 rings (SSSR count). The minimum atomic E-state index is -0.622. The molecule has 0 radical (unpaired) electrons. The highest BCUT2D eigenvalue weighted by Crippen LogP contribution is 2.74. The van der Waals surface area contributed by atoms with Crippen LogP contribution in [0.3, 0.4) is 0 Å². The molecular formula is C15H10Cl2. The summed E-state index contributed by atoms with van der Waals surface area (Å²) in [4.78, 5) is 0. The van der Waals surface area contributed by atoms with Crippen molar-refractivity contribution >= 4 is 23.2 Å². The molecule has 0 spiro atoms. The van der Waals surface area contributed by atoms with E-state index in [1.807, 2.05) is 0 Å². The monoisotopic (exact) mass is 260 g/mol. The summed E-state index contributed by atoms with van der Waals surface area (Å²) in [5.41, 5.74) is 5.16. The maximum atomic E-state index is 6.43. The Morgan fingerprint density at radius 1 is 0.706 bits per heavy atom. The van der Waals surface area contributed by atoms with Gasteiger partial charge in [0.1, 0.15) is 4.33 Å². The fourth-order valence-electron chi connectivity index (χ4n) is 3.13. The van der Waals surface area contributed by atoms with Gasteiger partial charge in [0.2, 0.25) is 0 Å². The van der Waals surface area contributed by atoms with Gasteiger partial charge in [0.05, 0.1) is 0 Å². The quantitative estimate of drug-likeness (QED) is 0.602. The van der Waals surface area contributed by atoms with E-state index in [1.54, 1.807) is 0 Å². The first kappa shape index (κ1) is 9.99. The van der Waals surface area contributed by atoms with Crippen molar-refractivity contribution in [2.45, 2.75) is 16.2 Å². The summed E-state index contributed by atoms with van der Waals surface area (Å²) < 4.78 is -0.622. The van der Waals surface area contributed by atoms with E-state index in [1.165, 1.54) is 22.3 Å². The van der Waals surface area contributed by atoms with E-state index in [9.17, 15) is 0 Å². The maximum absolute atomic E-state index is 6.43. The lowest BCUT2D eigenvalue weighted by Gasteiger charge is -2.17. The van der Waals surface area contributed by atoms with Gasteiger partial charge >= 0.3 is 0 Å². The predicted octanol–water partition coefficient (Wildman–Crippen LogP) is 4.72. The number of benzene rings is 2. The van der Waals surface area contributed by atoms with Crippen molar-refractivity contribution in [3.63, 3.8) is 0 Å². The predicted molar refractivity (Wildman–Crippen MR) is 71.8 cm³/mol. The third-order valence-corrected chi connectivity index (χ3v) is 4.88. The molecule has 0 N–H and O–H groups in total. The van der Waals surface area contributed by atoms with Gasteiger partial charge in [-0.25, -0.2) is 0 Å². The third-order valence-electron chi connectivity index (χ3n) is 3.94. The zero-order valence-electron chi connectivity index (χ0n) is 9.03. The number of halogens is 2. The normalized spacial score (nSPS) is 26.7. The molecule has 2 atom stereocenters. The van der Waals surface area contributed by atoms with Crippen molar-refractivity contribution in [3.05, 3.63) is 59.7 Å². The summed E-state index contributed by atoms with van der Waals surface area (Å²) in [5.74, 6) is 0.522. The second kappa shape index (κ2) is 3.07. The molecule has 0 heterocycles. The van der Waals surface area contributed by atoms with Gasteiger partial charge in [0.15, 0.2) is 0 Å². The summed E-state index contributed by atoms with van der Waals surface area (Å²) >= 11 is 12.9. The number of alkyl halides is 2. The highest BCUT2D eigenvalue weighted by molar-refractivity contribution is 6.52. The van der Waals surface area contributed by atoms with Crippen molar-refractivity contribution in [3.8, 4) is 11.1 Å². The Hall–Kier alpha value is -0.980. The molecule has 1 fully saturated rings. The van der Waals surface area contributed by atoms with Gasteiger partial charge in [-0.2, -0.15) is 0 Å². The fraction of sp³-hybridized carbons (Fsp3) is 0.200. The van der Waals surface area contributed by atoms with Crippen LogP contribution in [-0.2, 0) is 0 Å². The second-order valence-corrected chi connectivity index (χ2v) is 6.25. The molecule has 1 saturated carbocycles. The highest BCUT2D eigenvalue weighted by atomic mass is 35.5. The molecule has 0 aliphatic heterocycles. The first-order chi connectivity index (χ1) is 8.21. The topological polar surface area (TPSA) is 0 Å². The molecule has 84 valence electrons. The molecule has 0 saturated heterocycles. The Morgan fingerprint density at radius 2 is 1.12 bits per heavy atom. The second-order valence-electron chi connectivity index (χ2n) is 4.80. The van der Waals surface area contributed by atoms with Crippen molar-refractivity contribution in [2.75, 3.05) is 0 Å². The molecule has 0 nitrogen and oxygen atoms in total. The molecule has 0 unspecified atom stereocenters. The van der Waals surface area contributed by atoms with E-state index >= 15 is 0 Å². The van der Waals surface area contributed by atoms with Gasteiger partial charge in [0, 0.05) is 11.8 Å². The molecule has 2 aliphatic carbocycles. The first-order valence-corrected chi connectivity index (χ1v) is 6.53. The van der Waals surface area contributed by atoms with Crippen LogP contribution >= 0.6 is 23.2 Å². The van der Waals surface area contributed by atoms with Crippen LogP contribution in [-0.4, -0.2) is 4.33 Å². The molecule has 2 aliphatic rings. The Bertz CT molecular complexity index is 562. The minimum Gasteiger partial charge on any atom is -0.100 e. The molecular weight excluding hydrogens is 251 g/mol. The van der Waals surface area contributed by atoms with Crippen LogP contribution in [0.2, 0.25) is 0 Å². The van der Waals surface area contributed by atoms with E-state index in [0.717, 1.165) is 0 Å². The van der Waals surface area contributed by atoms with Gasteiger partial charge in [-0.3, -0.25) is 0 Å². The van der Waals surface area contributed by atoms with Gasteiger partial charge in [-0.15, -0.1) is 23.2 Å². The lowest BCUT2D eigenvalue weighted by molar-refractivity contribution is 1.01. The van der Waals surface area contributed by atoms with E-state index in [0.29, 0.717) is 0 Å².